The fraction of sp³-hybridized carbons (Fsp3) is 0.423. The van der Waals surface area contributed by atoms with Gasteiger partial charge in [0.25, 0.3) is 0 Å². The highest BCUT2D eigenvalue weighted by molar-refractivity contribution is 5.80. The number of carbonyl (C=O) groups excluding carboxylic acids is 3. The van der Waals surface area contributed by atoms with E-state index in [1.165, 1.54) is 6.92 Å². The summed E-state index contributed by atoms with van der Waals surface area (Å²) in [4.78, 5) is 36.2. The first kappa shape index (κ1) is 26.7. The number of anilines is 1. The molecule has 184 valence electrons. The van der Waals surface area contributed by atoms with Crippen LogP contribution in [0.5, 0.6) is 0 Å². The standard InChI is InChI=1S/C26H34N2O6/c1-5-32-26(31)27-22(17-33-19(4)29)15-21-13-9-10-14-23(21)28-24(18(2)3)25(30)34-16-20-11-7-6-8-12-20/h6-14,18,22,24,28H,5,15-17H2,1-4H3,(H,27,31)/t22-,24-/m0/s1. The molecule has 0 unspecified atom stereocenters. The van der Waals surface area contributed by atoms with Crippen LogP contribution in [0.4, 0.5) is 10.5 Å². The average Bonchev–Trinajstić information content (AvgIpc) is 2.81. The Balaban J connectivity index is 2.13. The van der Waals surface area contributed by atoms with Crippen LogP contribution in [0.15, 0.2) is 54.6 Å². The molecule has 0 saturated heterocycles. The topological polar surface area (TPSA) is 103 Å². The molecule has 1 amide bonds. The molecule has 0 spiro atoms. The number of benzene rings is 2. The summed E-state index contributed by atoms with van der Waals surface area (Å²) >= 11 is 0. The molecule has 2 atom stereocenters. The molecule has 0 heterocycles. The van der Waals surface area contributed by atoms with E-state index in [1.807, 2.05) is 68.4 Å². The smallest absolute Gasteiger partial charge is 0.407 e. The zero-order chi connectivity index (χ0) is 24.9. The lowest BCUT2D eigenvalue weighted by Crippen LogP contribution is -2.41. The van der Waals surface area contributed by atoms with Crippen molar-refractivity contribution in [2.75, 3.05) is 18.5 Å². The van der Waals surface area contributed by atoms with Crippen LogP contribution in [0.1, 0.15) is 38.8 Å². The van der Waals surface area contributed by atoms with Gasteiger partial charge in [-0.25, -0.2) is 9.59 Å². The summed E-state index contributed by atoms with van der Waals surface area (Å²) in [6, 6.07) is 15.9. The number of hydrogen-bond donors (Lipinski definition) is 2. The Labute approximate surface area is 201 Å². The van der Waals surface area contributed by atoms with Gasteiger partial charge >= 0.3 is 18.0 Å². The van der Waals surface area contributed by atoms with Gasteiger partial charge in [0.05, 0.1) is 12.6 Å². The second-order valence-corrected chi connectivity index (χ2v) is 8.18. The Morgan fingerprint density at radius 1 is 0.912 bits per heavy atom. The minimum absolute atomic E-state index is 0.00475. The summed E-state index contributed by atoms with van der Waals surface area (Å²) in [6.45, 7) is 7.32. The number of esters is 2. The van der Waals surface area contributed by atoms with Crippen LogP contribution >= 0.6 is 0 Å². The quantitative estimate of drug-likeness (QED) is 0.356. The molecule has 2 N–H and O–H groups in total. The van der Waals surface area contributed by atoms with Crippen molar-refractivity contribution in [3.63, 3.8) is 0 Å². The second-order valence-electron chi connectivity index (χ2n) is 8.18. The van der Waals surface area contributed by atoms with Crippen molar-refractivity contribution in [3.8, 4) is 0 Å². The van der Waals surface area contributed by atoms with Crippen molar-refractivity contribution in [3.05, 3.63) is 65.7 Å². The normalized spacial score (nSPS) is 12.4. The molecule has 0 radical (unpaired) electrons. The molecule has 0 bridgehead atoms. The van der Waals surface area contributed by atoms with Crippen LogP contribution in [0.3, 0.4) is 0 Å². The van der Waals surface area contributed by atoms with Crippen LogP contribution in [0, 0.1) is 5.92 Å². The third-order valence-electron chi connectivity index (χ3n) is 5.02. The zero-order valence-electron chi connectivity index (χ0n) is 20.2. The Kier molecular flexibility index (Phi) is 10.9. The lowest BCUT2D eigenvalue weighted by molar-refractivity contribution is -0.147. The van der Waals surface area contributed by atoms with Crippen molar-refractivity contribution in [1.29, 1.82) is 0 Å². The number of amides is 1. The number of para-hydroxylation sites is 1. The molecule has 2 rings (SSSR count). The summed E-state index contributed by atoms with van der Waals surface area (Å²) in [5.74, 6) is -0.830. The highest BCUT2D eigenvalue weighted by atomic mass is 16.6. The third-order valence-corrected chi connectivity index (χ3v) is 5.02. The van der Waals surface area contributed by atoms with Gasteiger partial charge < -0.3 is 24.8 Å². The molecule has 0 aromatic heterocycles. The maximum atomic E-state index is 12.9. The SMILES string of the molecule is CCOC(=O)N[C@H](COC(C)=O)Cc1ccccc1N[C@H](C(=O)OCc1ccccc1)C(C)C. The molecule has 0 saturated carbocycles. The van der Waals surface area contributed by atoms with Crippen LogP contribution in [0.2, 0.25) is 0 Å². The van der Waals surface area contributed by atoms with E-state index in [4.69, 9.17) is 14.2 Å². The van der Waals surface area contributed by atoms with Gasteiger partial charge in [-0.1, -0.05) is 62.4 Å². The summed E-state index contributed by atoms with van der Waals surface area (Å²) in [6.07, 6.45) is -0.228. The van der Waals surface area contributed by atoms with Crippen molar-refractivity contribution >= 4 is 23.7 Å². The fourth-order valence-corrected chi connectivity index (χ4v) is 3.30. The zero-order valence-corrected chi connectivity index (χ0v) is 20.2. The van der Waals surface area contributed by atoms with Crippen LogP contribution in [0.25, 0.3) is 0 Å². The molecule has 0 aliphatic carbocycles. The van der Waals surface area contributed by atoms with E-state index in [1.54, 1.807) is 6.92 Å². The molecular formula is C26H34N2O6. The Bertz CT molecular complexity index is 932. The highest BCUT2D eigenvalue weighted by Gasteiger charge is 2.25. The number of alkyl carbamates (subject to hydrolysis) is 1. The van der Waals surface area contributed by atoms with E-state index in [-0.39, 0.29) is 31.7 Å². The molecule has 0 fully saturated rings. The first-order valence-corrected chi connectivity index (χ1v) is 11.4. The summed E-state index contributed by atoms with van der Waals surface area (Å²) in [5, 5.41) is 6.03. The van der Waals surface area contributed by atoms with Gasteiger partial charge in [-0.3, -0.25) is 4.79 Å². The average molecular weight is 471 g/mol. The van der Waals surface area contributed by atoms with Crippen LogP contribution in [-0.4, -0.2) is 43.3 Å². The molecule has 2 aromatic rings. The summed E-state index contributed by atoms with van der Waals surface area (Å²) in [5.41, 5.74) is 2.49. The maximum Gasteiger partial charge on any atom is 0.407 e. The fourth-order valence-electron chi connectivity index (χ4n) is 3.30. The minimum Gasteiger partial charge on any atom is -0.464 e. The molecular weight excluding hydrogens is 436 g/mol. The molecule has 0 aliphatic heterocycles. The Hall–Kier alpha value is -3.55. The van der Waals surface area contributed by atoms with Gasteiger partial charge in [0.2, 0.25) is 0 Å². The van der Waals surface area contributed by atoms with Gasteiger partial charge in [0, 0.05) is 12.6 Å². The summed E-state index contributed by atoms with van der Waals surface area (Å²) < 4.78 is 15.7. The largest absolute Gasteiger partial charge is 0.464 e. The monoisotopic (exact) mass is 470 g/mol. The Morgan fingerprint density at radius 3 is 2.24 bits per heavy atom. The van der Waals surface area contributed by atoms with Crippen LogP contribution < -0.4 is 10.6 Å². The summed E-state index contributed by atoms with van der Waals surface area (Å²) in [7, 11) is 0. The molecule has 8 heteroatoms. The van der Waals surface area contributed by atoms with Crippen molar-refractivity contribution in [2.45, 2.75) is 52.8 Å². The molecule has 8 nitrogen and oxygen atoms in total. The van der Waals surface area contributed by atoms with Gasteiger partial charge in [0.1, 0.15) is 19.3 Å². The van der Waals surface area contributed by atoms with Gasteiger partial charge in [-0.2, -0.15) is 0 Å². The Morgan fingerprint density at radius 2 is 1.59 bits per heavy atom. The molecule has 34 heavy (non-hydrogen) atoms. The van der Waals surface area contributed by atoms with Crippen LogP contribution in [-0.2, 0) is 36.8 Å². The number of hydrogen-bond acceptors (Lipinski definition) is 7. The van der Waals surface area contributed by atoms with E-state index < -0.39 is 24.1 Å². The maximum absolute atomic E-state index is 12.9. The van der Waals surface area contributed by atoms with Gasteiger partial charge in [0.15, 0.2) is 0 Å². The second kappa shape index (κ2) is 13.9. The predicted molar refractivity (Wildman–Crippen MR) is 129 cm³/mol. The van der Waals surface area contributed by atoms with Crippen molar-refractivity contribution in [2.24, 2.45) is 5.92 Å². The van der Waals surface area contributed by atoms with Crippen molar-refractivity contribution in [1.82, 2.24) is 5.32 Å². The number of carbonyl (C=O) groups is 3. The number of rotatable bonds is 12. The van der Waals surface area contributed by atoms with E-state index in [9.17, 15) is 14.4 Å². The van der Waals surface area contributed by atoms with E-state index >= 15 is 0 Å². The predicted octanol–water partition coefficient (Wildman–Crippen LogP) is 4.09. The van der Waals surface area contributed by atoms with E-state index in [2.05, 4.69) is 10.6 Å². The van der Waals surface area contributed by atoms with Gasteiger partial charge in [-0.15, -0.1) is 0 Å². The number of nitrogens with one attached hydrogen (secondary N) is 2. The molecule has 2 aromatic carbocycles. The molecule has 0 aliphatic rings. The highest BCUT2D eigenvalue weighted by Crippen LogP contribution is 2.21. The third kappa shape index (κ3) is 9.13. The number of ether oxygens (including phenoxy) is 3. The lowest BCUT2D eigenvalue weighted by Gasteiger charge is -2.25. The lowest BCUT2D eigenvalue weighted by atomic mass is 10.0. The first-order valence-electron chi connectivity index (χ1n) is 11.4. The van der Waals surface area contributed by atoms with E-state index in [0.717, 1.165) is 16.8 Å². The minimum atomic E-state index is -0.588. The van der Waals surface area contributed by atoms with Gasteiger partial charge in [-0.05, 0) is 36.5 Å². The first-order chi connectivity index (χ1) is 16.3. The van der Waals surface area contributed by atoms with Crippen molar-refractivity contribution < 1.29 is 28.6 Å². The van der Waals surface area contributed by atoms with E-state index in [0.29, 0.717) is 6.42 Å².